The second-order valence-electron chi connectivity index (χ2n) is 5.29. The van der Waals surface area contributed by atoms with Crippen molar-refractivity contribution in [2.75, 3.05) is 7.11 Å². The topological polar surface area (TPSA) is 84.3 Å². The quantitative estimate of drug-likeness (QED) is 0.888. The Hall–Kier alpha value is -2.08. The van der Waals surface area contributed by atoms with Gasteiger partial charge in [-0.25, -0.2) is 9.59 Å². The average molecular weight is 276 g/mol. The van der Waals surface area contributed by atoms with E-state index < -0.39 is 5.97 Å². The lowest BCUT2D eigenvalue weighted by Gasteiger charge is -2.40. The van der Waals surface area contributed by atoms with Crippen LogP contribution in [-0.2, 0) is 11.3 Å². The molecule has 1 aliphatic carbocycles. The molecule has 1 fully saturated rings. The number of aromatic carboxylic acids is 1. The maximum atomic E-state index is 12.1. The molecule has 6 heteroatoms. The number of aromatic nitrogens is 2. The number of imidazole rings is 1. The zero-order valence-corrected chi connectivity index (χ0v) is 11.2. The molecule has 0 unspecified atom stereocenters. The van der Waals surface area contributed by atoms with E-state index in [4.69, 9.17) is 9.84 Å². The first-order chi connectivity index (χ1) is 9.54. The van der Waals surface area contributed by atoms with E-state index in [-0.39, 0.29) is 16.9 Å². The number of methoxy groups -OCH3 is 1. The largest absolute Gasteiger partial charge is 0.478 e. The Bertz CT molecular complexity index is 719. The molecule has 1 aromatic heterocycles. The molecule has 1 saturated carbocycles. The Balaban J connectivity index is 2.05. The first-order valence-corrected chi connectivity index (χ1v) is 6.56. The van der Waals surface area contributed by atoms with Gasteiger partial charge < -0.3 is 14.8 Å². The monoisotopic (exact) mass is 276 g/mol. The highest BCUT2D eigenvalue weighted by Gasteiger charge is 2.38. The van der Waals surface area contributed by atoms with Crippen LogP contribution in [0.4, 0.5) is 0 Å². The molecule has 0 saturated heterocycles. The second-order valence-corrected chi connectivity index (χ2v) is 5.29. The van der Waals surface area contributed by atoms with E-state index in [1.165, 1.54) is 12.1 Å². The normalized spacial score (nSPS) is 17.1. The van der Waals surface area contributed by atoms with E-state index in [0.717, 1.165) is 19.3 Å². The lowest BCUT2D eigenvalue weighted by atomic mass is 9.80. The third-order valence-corrected chi connectivity index (χ3v) is 4.17. The van der Waals surface area contributed by atoms with Crippen LogP contribution < -0.4 is 5.69 Å². The number of nitrogens with zero attached hydrogens (tertiary/aromatic N) is 1. The number of carboxylic acid groups (broad SMARTS) is 1. The molecular formula is C14H16N2O4. The van der Waals surface area contributed by atoms with Crippen molar-refractivity contribution in [1.82, 2.24) is 9.55 Å². The summed E-state index contributed by atoms with van der Waals surface area (Å²) in [5.74, 6) is -1.01. The molecule has 0 spiro atoms. The number of ether oxygens (including phenoxy) is 1. The Morgan fingerprint density at radius 3 is 2.80 bits per heavy atom. The molecule has 0 atom stereocenters. The second kappa shape index (κ2) is 4.49. The van der Waals surface area contributed by atoms with Crippen molar-refractivity contribution in [1.29, 1.82) is 0 Å². The minimum atomic E-state index is -1.01. The standard InChI is InChI=1S/C14H16N2O4/c1-20-14(5-2-6-14)8-16-11-4-3-9(12(17)18)7-10(11)15-13(16)19/h3-4,7H,2,5-6,8H2,1H3,(H,15,19)(H,17,18). The van der Waals surface area contributed by atoms with Crippen LogP contribution in [-0.4, -0.2) is 33.3 Å². The van der Waals surface area contributed by atoms with Crippen LogP contribution in [0.15, 0.2) is 23.0 Å². The fraction of sp³-hybridized carbons (Fsp3) is 0.429. The van der Waals surface area contributed by atoms with Gasteiger partial charge in [0.25, 0.3) is 0 Å². The van der Waals surface area contributed by atoms with Gasteiger partial charge in [-0.2, -0.15) is 0 Å². The lowest BCUT2D eigenvalue weighted by Crippen LogP contribution is -2.45. The number of hydrogen-bond donors (Lipinski definition) is 2. The van der Waals surface area contributed by atoms with Crippen molar-refractivity contribution in [3.05, 3.63) is 34.2 Å². The van der Waals surface area contributed by atoms with Crippen LogP contribution in [0.1, 0.15) is 29.6 Å². The van der Waals surface area contributed by atoms with Crippen molar-refractivity contribution >= 4 is 17.0 Å². The first kappa shape index (κ1) is 12.9. The average Bonchev–Trinajstić information content (AvgIpc) is 2.68. The number of nitrogens with one attached hydrogen (secondary N) is 1. The van der Waals surface area contributed by atoms with E-state index in [2.05, 4.69) is 4.98 Å². The third kappa shape index (κ3) is 1.92. The molecule has 1 heterocycles. The van der Waals surface area contributed by atoms with E-state index in [1.54, 1.807) is 17.7 Å². The molecule has 1 aliphatic rings. The van der Waals surface area contributed by atoms with Gasteiger partial charge in [-0.15, -0.1) is 0 Å². The highest BCUT2D eigenvalue weighted by atomic mass is 16.5. The molecule has 0 radical (unpaired) electrons. The van der Waals surface area contributed by atoms with Gasteiger partial charge in [0.15, 0.2) is 0 Å². The van der Waals surface area contributed by atoms with Crippen LogP contribution in [0.25, 0.3) is 11.0 Å². The summed E-state index contributed by atoms with van der Waals surface area (Å²) in [4.78, 5) is 25.7. The van der Waals surface area contributed by atoms with Gasteiger partial charge in [-0.1, -0.05) is 0 Å². The van der Waals surface area contributed by atoms with Crippen LogP contribution in [0.3, 0.4) is 0 Å². The summed E-state index contributed by atoms with van der Waals surface area (Å²) in [6.07, 6.45) is 2.99. The van der Waals surface area contributed by atoms with E-state index in [1.807, 2.05) is 0 Å². The smallest absolute Gasteiger partial charge is 0.335 e. The molecule has 3 rings (SSSR count). The fourth-order valence-corrected chi connectivity index (χ4v) is 2.74. The lowest BCUT2D eigenvalue weighted by molar-refractivity contribution is -0.0833. The Morgan fingerprint density at radius 1 is 1.50 bits per heavy atom. The molecule has 0 aliphatic heterocycles. The van der Waals surface area contributed by atoms with Crippen molar-refractivity contribution < 1.29 is 14.6 Å². The molecule has 2 N–H and O–H groups in total. The number of carboxylic acids is 1. The Labute approximate surface area is 115 Å². The summed E-state index contributed by atoms with van der Waals surface area (Å²) >= 11 is 0. The van der Waals surface area contributed by atoms with E-state index >= 15 is 0 Å². The van der Waals surface area contributed by atoms with Crippen LogP contribution in [0.2, 0.25) is 0 Å². The van der Waals surface area contributed by atoms with Crippen LogP contribution in [0, 0.1) is 0 Å². The zero-order valence-electron chi connectivity index (χ0n) is 11.2. The molecule has 1 aromatic carbocycles. The van der Waals surface area contributed by atoms with Gasteiger partial charge >= 0.3 is 11.7 Å². The first-order valence-electron chi connectivity index (χ1n) is 6.56. The molecule has 0 amide bonds. The number of benzene rings is 1. The molecule has 106 valence electrons. The SMILES string of the molecule is COC1(Cn2c(=O)[nH]c3cc(C(=O)O)ccc32)CCC1. The number of aromatic amines is 1. The van der Waals surface area contributed by atoms with E-state index in [9.17, 15) is 9.59 Å². The Morgan fingerprint density at radius 2 is 2.25 bits per heavy atom. The van der Waals surface area contributed by atoms with Gasteiger partial charge in [-0.05, 0) is 37.5 Å². The molecule has 0 bridgehead atoms. The van der Waals surface area contributed by atoms with Gasteiger partial charge in [0, 0.05) is 7.11 Å². The molecule has 20 heavy (non-hydrogen) atoms. The highest BCUT2D eigenvalue weighted by molar-refractivity contribution is 5.92. The van der Waals surface area contributed by atoms with Crippen LogP contribution >= 0.6 is 0 Å². The predicted octanol–water partition coefficient (Wildman–Crippen LogP) is 1.60. The number of hydrogen-bond acceptors (Lipinski definition) is 3. The highest BCUT2D eigenvalue weighted by Crippen LogP contribution is 2.36. The maximum absolute atomic E-state index is 12.1. The minimum absolute atomic E-state index is 0.163. The maximum Gasteiger partial charge on any atom is 0.335 e. The van der Waals surface area contributed by atoms with Gasteiger partial charge in [0.05, 0.1) is 28.7 Å². The van der Waals surface area contributed by atoms with Gasteiger partial charge in [0.1, 0.15) is 0 Å². The molecular weight excluding hydrogens is 260 g/mol. The zero-order chi connectivity index (χ0) is 14.3. The molecule has 2 aromatic rings. The van der Waals surface area contributed by atoms with Crippen LogP contribution in [0.5, 0.6) is 0 Å². The van der Waals surface area contributed by atoms with Crippen molar-refractivity contribution in [3.63, 3.8) is 0 Å². The number of fused-ring (bicyclic) bond motifs is 1. The Kier molecular flexibility index (Phi) is 2.90. The van der Waals surface area contributed by atoms with Crippen molar-refractivity contribution in [2.24, 2.45) is 0 Å². The molecule has 6 nitrogen and oxygen atoms in total. The van der Waals surface area contributed by atoms with Crippen molar-refractivity contribution in [2.45, 2.75) is 31.4 Å². The van der Waals surface area contributed by atoms with Gasteiger partial charge in [-0.3, -0.25) is 4.57 Å². The summed E-state index contributed by atoms with van der Waals surface area (Å²) < 4.78 is 7.17. The third-order valence-electron chi connectivity index (χ3n) is 4.17. The van der Waals surface area contributed by atoms with E-state index in [0.29, 0.717) is 17.6 Å². The minimum Gasteiger partial charge on any atom is -0.478 e. The summed E-state index contributed by atoms with van der Waals surface area (Å²) in [5, 5.41) is 8.97. The number of carbonyl (C=O) groups is 1. The number of H-pyrrole nitrogens is 1. The fourth-order valence-electron chi connectivity index (χ4n) is 2.74. The van der Waals surface area contributed by atoms with Crippen molar-refractivity contribution in [3.8, 4) is 0 Å². The summed E-state index contributed by atoms with van der Waals surface area (Å²) in [7, 11) is 1.67. The summed E-state index contributed by atoms with van der Waals surface area (Å²) in [6, 6.07) is 4.66. The predicted molar refractivity (Wildman–Crippen MR) is 73.1 cm³/mol. The number of rotatable bonds is 4. The van der Waals surface area contributed by atoms with Gasteiger partial charge in [0.2, 0.25) is 0 Å². The summed E-state index contributed by atoms with van der Waals surface area (Å²) in [5.41, 5.74) is 0.926. The summed E-state index contributed by atoms with van der Waals surface area (Å²) in [6.45, 7) is 0.495.